The van der Waals surface area contributed by atoms with Gasteiger partial charge in [-0.15, -0.1) is 0 Å². The van der Waals surface area contributed by atoms with E-state index in [1.165, 1.54) is 0 Å². The number of anilines is 1. The third-order valence-corrected chi connectivity index (χ3v) is 4.43. The quantitative estimate of drug-likeness (QED) is 0.936. The van der Waals surface area contributed by atoms with E-state index in [0.717, 1.165) is 31.7 Å². The van der Waals surface area contributed by atoms with Gasteiger partial charge in [-0.1, -0.05) is 24.3 Å². The molecule has 1 aliphatic rings. The van der Waals surface area contributed by atoms with E-state index in [4.69, 9.17) is 0 Å². The Morgan fingerprint density at radius 3 is 2.52 bits per heavy atom. The van der Waals surface area contributed by atoms with Gasteiger partial charge in [0.1, 0.15) is 0 Å². The molecule has 2 aromatic carbocycles. The molecule has 25 heavy (non-hydrogen) atoms. The molecule has 0 saturated carbocycles. The van der Waals surface area contributed by atoms with Crippen molar-refractivity contribution >= 4 is 17.5 Å². The van der Waals surface area contributed by atoms with Gasteiger partial charge in [0.15, 0.2) is 0 Å². The Balaban J connectivity index is 1.78. The molecule has 0 unspecified atom stereocenters. The number of hydrogen-bond donors (Lipinski definition) is 1. The fraction of sp³-hybridized carbons (Fsp3) is 0.300. The highest BCUT2D eigenvalue weighted by molar-refractivity contribution is 6.07. The SMILES string of the molecule is CN(C(=O)c1cccc(C(=O)N2CCCNCC2)c1)c1ccccc1. The van der Waals surface area contributed by atoms with E-state index < -0.39 is 0 Å². The predicted octanol–water partition coefficient (Wildman–Crippen LogP) is 2.40. The van der Waals surface area contributed by atoms with E-state index in [1.807, 2.05) is 35.2 Å². The average molecular weight is 337 g/mol. The lowest BCUT2D eigenvalue weighted by molar-refractivity contribution is 0.0766. The number of nitrogens with one attached hydrogen (secondary N) is 1. The first-order chi connectivity index (χ1) is 12.2. The molecule has 1 fully saturated rings. The van der Waals surface area contributed by atoms with Crippen LogP contribution in [0.1, 0.15) is 27.1 Å². The summed E-state index contributed by atoms with van der Waals surface area (Å²) < 4.78 is 0. The number of carbonyl (C=O) groups excluding carboxylic acids is 2. The largest absolute Gasteiger partial charge is 0.337 e. The number of nitrogens with zero attached hydrogens (tertiary/aromatic N) is 2. The van der Waals surface area contributed by atoms with Crippen LogP contribution in [0.25, 0.3) is 0 Å². The number of para-hydroxylation sites is 1. The summed E-state index contributed by atoms with van der Waals surface area (Å²) in [5.74, 6) is -0.140. The van der Waals surface area contributed by atoms with Crippen LogP contribution in [0.2, 0.25) is 0 Å². The van der Waals surface area contributed by atoms with Crippen molar-refractivity contribution in [2.24, 2.45) is 0 Å². The first-order valence-electron chi connectivity index (χ1n) is 8.60. The number of amides is 2. The van der Waals surface area contributed by atoms with Crippen LogP contribution >= 0.6 is 0 Å². The Morgan fingerprint density at radius 1 is 0.960 bits per heavy atom. The molecule has 5 nitrogen and oxygen atoms in total. The molecule has 1 aliphatic heterocycles. The first-order valence-corrected chi connectivity index (χ1v) is 8.60. The Hall–Kier alpha value is -2.66. The Bertz CT molecular complexity index is 738. The molecule has 3 rings (SSSR count). The maximum Gasteiger partial charge on any atom is 0.258 e. The van der Waals surface area contributed by atoms with Gasteiger partial charge < -0.3 is 15.1 Å². The molecule has 1 heterocycles. The first kappa shape index (κ1) is 17.2. The predicted molar refractivity (Wildman–Crippen MR) is 99.0 cm³/mol. The Morgan fingerprint density at radius 2 is 1.72 bits per heavy atom. The van der Waals surface area contributed by atoms with Crippen molar-refractivity contribution in [3.05, 3.63) is 65.7 Å². The minimum atomic E-state index is -0.126. The van der Waals surface area contributed by atoms with Crippen molar-refractivity contribution in [2.75, 3.05) is 38.1 Å². The highest BCUT2D eigenvalue weighted by Gasteiger charge is 2.19. The van der Waals surface area contributed by atoms with Crippen LogP contribution in [0.3, 0.4) is 0 Å². The maximum absolute atomic E-state index is 12.7. The number of hydrogen-bond acceptors (Lipinski definition) is 3. The molecule has 0 aromatic heterocycles. The van der Waals surface area contributed by atoms with Crippen LogP contribution in [-0.2, 0) is 0 Å². The second-order valence-electron chi connectivity index (χ2n) is 6.18. The minimum Gasteiger partial charge on any atom is -0.337 e. The normalized spacial score (nSPS) is 14.7. The van der Waals surface area contributed by atoms with E-state index in [1.54, 1.807) is 36.2 Å². The van der Waals surface area contributed by atoms with Gasteiger partial charge in [-0.2, -0.15) is 0 Å². The molecule has 0 aliphatic carbocycles. The molecule has 0 bridgehead atoms. The van der Waals surface area contributed by atoms with Crippen molar-refractivity contribution in [2.45, 2.75) is 6.42 Å². The van der Waals surface area contributed by atoms with E-state index >= 15 is 0 Å². The van der Waals surface area contributed by atoms with Gasteiger partial charge in [-0.25, -0.2) is 0 Å². The zero-order chi connectivity index (χ0) is 17.6. The summed E-state index contributed by atoms with van der Waals surface area (Å²) in [6.45, 7) is 3.18. The van der Waals surface area contributed by atoms with Crippen LogP contribution in [-0.4, -0.2) is 49.9 Å². The lowest BCUT2D eigenvalue weighted by atomic mass is 10.1. The molecular weight excluding hydrogens is 314 g/mol. The maximum atomic E-state index is 12.7. The van der Waals surface area contributed by atoms with Crippen LogP contribution in [0, 0.1) is 0 Å². The van der Waals surface area contributed by atoms with Gasteiger partial charge in [0, 0.05) is 43.5 Å². The Labute approximate surface area is 148 Å². The molecule has 1 N–H and O–H groups in total. The lowest BCUT2D eigenvalue weighted by Gasteiger charge is -2.21. The third-order valence-electron chi connectivity index (χ3n) is 4.43. The summed E-state index contributed by atoms with van der Waals surface area (Å²) >= 11 is 0. The topological polar surface area (TPSA) is 52.7 Å². The monoisotopic (exact) mass is 337 g/mol. The van der Waals surface area contributed by atoms with E-state index in [9.17, 15) is 9.59 Å². The number of rotatable bonds is 3. The second kappa shape index (κ2) is 7.94. The van der Waals surface area contributed by atoms with E-state index in [0.29, 0.717) is 17.7 Å². The fourth-order valence-corrected chi connectivity index (χ4v) is 2.98. The molecule has 5 heteroatoms. The highest BCUT2D eigenvalue weighted by Crippen LogP contribution is 2.16. The summed E-state index contributed by atoms with van der Waals surface area (Å²) in [4.78, 5) is 28.9. The summed E-state index contributed by atoms with van der Waals surface area (Å²) in [6, 6.07) is 16.5. The molecule has 1 saturated heterocycles. The van der Waals surface area contributed by atoms with E-state index in [-0.39, 0.29) is 11.8 Å². The number of carbonyl (C=O) groups is 2. The van der Waals surface area contributed by atoms with Crippen molar-refractivity contribution in [1.82, 2.24) is 10.2 Å². The third kappa shape index (κ3) is 4.06. The van der Waals surface area contributed by atoms with Crippen molar-refractivity contribution in [3.63, 3.8) is 0 Å². The summed E-state index contributed by atoms with van der Waals surface area (Å²) in [6.07, 6.45) is 0.946. The van der Waals surface area contributed by atoms with Crippen LogP contribution in [0.4, 0.5) is 5.69 Å². The van der Waals surface area contributed by atoms with Gasteiger partial charge in [-0.3, -0.25) is 9.59 Å². The smallest absolute Gasteiger partial charge is 0.258 e. The molecule has 2 aromatic rings. The zero-order valence-electron chi connectivity index (χ0n) is 14.4. The molecule has 0 atom stereocenters. The summed E-state index contributed by atoms with van der Waals surface area (Å²) in [5.41, 5.74) is 1.90. The number of benzene rings is 2. The van der Waals surface area contributed by atoms with Gasteiger partial charge in [0.05, 0.1) is 0 Å². The molecular formula is C20H23N3O2. The standard InChI is InChI=1S/C20H23N3O2/c1-22(18-9-3-2-4-10-18)19(24)16-7-5-8-17(15-16)20(25)23-13-6-11-21-12-14-23/h2-5,7-10,15,21H,6,11-14H2,1H3. The zero-order valence-corrected chi connectivity index (χ0v) is 14.4. The summed E-state index contributed by atoms with van der Waals surface area (Å²) in [7, 11) is 1.74. The van der Waals surface area contributed by atoms with Crippen LogP contribution < -0.4 is 10.2 Å². The molecule has 2 amide bonds. The second-order valence-corrected chi connectivity index (χ2v) is 6.18. The molecule has 0 spiro atoms. The van der Waals surface area contributed by atoms with Gasteiger partial charge in [0.2, 0.25) is 0 Å². The average Bonchev–Trinajstić information content (AvgIpc) is 2.96. The van der Waals surface area contributed by atoms with Crippen LogP contribution in [0.15, 0.2) is 54.6 Å². The summed E-state index contributed by atoms with van der Waals surface area (Å²) in [5, 5.41) is 3.29. The highest BCUT2D eigenvalue weighted by atomic mass is 16.2. The van der Waals surface area contributed by atoms with Crippen molar-refractivity contribution < 1.29 is 9.59 Å². The van der Waals surface area contributed by atoms with Crippen LogP contribution in [0.5, 0.6) is 0 Å². The minimum absolute atomic E-state index is 0.0132. The van der Waals surface area contributed by atoms with Gasteiger partial charge in [-0.05, 0) is 43.3 Å². The van der Waals surface area contributed by atoms with Gasteiger partial charge in [0.25, 0.3) is 11.8 Å². The molecule has 130 valence electrons. The molecule has 0 radical (unpaired) electrons. The van der Waals surface area contributed by atoms with Crippen molar-refractivity contribution in [3.8, 4) is 0 Å². The van der Waals surface area contributed by atoms with E-state index in [2.05, 4.69) is 5.32 Å². The fourth-order valence-electron chi connectivity index (χ4n) is 2.98. The lowest BCUT2D eigenvalue weighted by Crippen LogP contribution is -2.34. The van der Waals surface area contributed by atoms with Gasteiger partial charge >= 0.3 is 0 Å². The van der Waals surface area contributed by atoms with Crippen molar-refractivity contribution in [1.29, 1.82) is 0 Å². The Kier molecular flexibility index (Phi) is 5.46.